The highest BCUT2D eigenvalue weighted by atomic mass is 35.7. The maximum absolute atomic E-state index is 12.3. The third-order valence-electron chi connectivity index (χ3n) is 1.67. The molecule has 0 N–H and O–H groups in total. The molecule has 0 heterocycles. The Bertz CT molecular complexity index is 522. The van der Waals surface area contributed by atoms with Gasteiger partial charge in [0.1, 0.15) is 6.29 Å². The van der Waals surface area contributed by atoms with E-state index in [1.54, 1.807) is 0 Å². The van der Waals surface area contributed by atoms with Gasteiger partial charge in [-0.15, -0.1) is 0 Å². The molecular weight excluding hydrogens is 269 g/mol. The van der Waals surface area contributed by atoms with E-state index in [-0.39, 0.29) is 6.29 Å². The molecule has 88 valence electrons. The van der Waals surface area contributed by atoms with Crippen LogP contribution < -0.4 is 0 Å². The fourth-order valence-electron chi connectivity index (χ4n) is 0.995. The predicted octanol–water partition coefficient (Wildman–Crippen LogP) is 2.45. The fourth-order valence-corrected chi connectivity index (χ4v) is 1.81. The molecule has 0 aliphatic heterocycles. The number of carbonyl (C=O) groups excluding carboxylic acids is 1. The van der Waals surface area contributed by atoms with Crippen molar-refractivity contribution >= 4 is 26.0 Å². The molecule has 1 aromatic carbocycles. The number of carbonyl (C=O) groups is 1. The van der Waals surface area contributed by atoms with Crippen LogP contribution in [-0.4, -0.2) is 14.7 Å². The van der Waals surface area contributed by atoms with E-state index in [2.05, 4.69) is 0 Å². The third kappa shape index (κ3) is 2.96. The topological polar surface area (TPSA) is 51.2 Å². The summed E-state index contributed by atoms with van der Waals surface area (Å²) in [6, 6.07) is 1.68. The van der Waals surface area contributed by atoms with E-state index in [1.807, 2.05) is 0 Å². The molecule has 1 aromatic rings. The van der Waals surface area contributed by atoms with E-state index < -0.39 is 31.2 Å². The Morgan fingerprint density at radius 1 is 1.19 bits per heavy atom. The molecule has 0 amide bonds. The van der Waals surface area contributed by atoms with Gasteiger partial charge in [0.15, 0.2) is 0 Å². The van der Waals surface area contributed by atoms with Crippen molar-refractivity contribution in [2.24, 2.45) is 0 Å². The molecular formula is C8H4ClF3O3S. The van der Waals surface area contributed by atoms with Crippen LogP contribution in [0.25, 0.3) is 0 Å². The van der Waals surface area contributed by atoms with Crippen LogP contribution in [0.4, 0.5) is 13.2 Å². The Hall–Kier alpha value is -1.08. The first-order valence-electron chi connectivity index (χ1n) is 3.77. The van der Waals surface area contributed by atoms with Gasteiger partial charge in [0, 0.05) is 16.2 Å². The standard InChI is InChI=1S/C8H4ClF3O3S/c9-16(14,15)7-2-5(4-13)1-6(3-7)8(10,11)12/h1-4H. The van der Waals surface area contributed by atoms with Crippen LogP contribution in [0.3, 0.4) is 0 Å². The second-order valence-corrected chi connectivity index (χ2v) is 5.41. The van der Waals surface area contributed by atoms with Crippen molar-refractivity contribution in [1.82, 2.24) is 0 Å². The van der Waals surface area contributed by atoms with Gasteiger partial charge >= 0.3 is 6.18 Å². The second-order valence-electron chi connectivity index (χ2n) is 2.84. The Morgan fingerprint density at radius 2 is 1.75 bits per heavy atom. The Morgan fingerprint density at radius 3 is 2.12 bits per heavy atom. The van der Waals surface area contributed by atoms with Gasteiger partial charge in [0.2, 0.25) is 0 Å². The number of benzene rings is 1. The molecule has 0 aliphatic carbocycles. The van der Waals surface area contributed by atoms with Crippen LogP contribution in [0.2, 0.25) is 0 Å². The zero-order valence-corrected chi connectivity index (χ0v) is 9.03. The number of hydrogen-bond acceptors (Lipinski definition) is 3. The normalized spacial score (nSPS) is 12.5. The van der Waals surface area contributed by atoms with Crippen molar-refractivity contribution in [2.75, 3.05) is 0 Å². The Kier molecular flexibility index (Phi) is 3.30. The number of halogens is 4. The lowest BCUT2D eigenvalue weighted by Gasteiger charge is -2.08. The first kappa shape index (κ1) is 13.0. The van der Waals surface area contributed by atoms with Gasteiger partial charge in [-0.05, 0) is 18.2 Å². The van der Waals surface area contributed by atoms with Gasteiger partial charge in [0.05, 0.1) is 10.5 Å². The molecule has 0 bridgehead atoms. The van der Waals surface area contributed by atoms with Crippen molar-refractivity contribution < 1.29 is 26.4 Å². The lowest BCUT2D eigenvalue weighted by Crippen LogP contribution is -2.07. The van der Waals surface area contributed by atoms with Crippen molar-refractivity contribution in [3.63, 3.8) is 0 Å². The van der Waals surface area contributed by atoms with Crippen LogP contribution >= 0.6 is 10.7 Å². The van der Waals surface area contributed by atoms with Crippen molar-refractivity contribution in [1.29, 1.82) is 0 Å². The van der Waals surface area contributed by atoms with Crippen LogP contribution in [0, 0.1) is 0 Å². The number of aldehydes is 1. The smallest absolute Gasteiger partial charge is 0.298 e. The zero-order valence-electron chi connectivity index (χ0n) is 7.45. The molecule has 16 heavy (non-hydrogen) atoms. The van der Waals surface area contributed by atoms with Gasteiger partial charge in [-0.1, -0.05) is 0 Å². The van der Waals surface area contributed by atoms with Gasteiger partial charge in [-0.25, -0.2) is 8.42 Å². The number of hydrogen-bond donors (Lipinski definition) is 0. The average molecular weight is 273 g/mol. The van der Waals surface area contributed by atoms with E-state index in [1.165, 1.54) is 0 Å². The van der Waals surface area contributed by atoms with Gasteiger partial charge in [-0.2, -0.15) is 13.2 Å². The van der Waals surface area contributed by atoms with Crippen molar-refractivity contribution in [3.8, 4) is 0 Å². The minimum absolute atomic E-state index is 0.112. The molecule has 0 radical (unpaired) electrons. The summed E-state index contributed by atoms with van der Waals surface area (Å²) in [6.07, 6.45) is -4.63. The van der Waals surface area contributed by atoms with Gasteiger partial charge < -0.3 is 0 Å². The minimum atomic E-state index is -4.74. The minimum Gasteiger partial charge on any atom is -0.298 e. The summed E-state index contributed by atoms with van der Waals surface area (Å²) in [5, 5.41) is 0. The summed E-state index contributed by atoms with van der Waals surface area (Å²) in [5.41, 5.74) is -1.65. The van der Waals surface area contributed by atoms with Crippen LogP contribution in [0.1, 0.15) is 15.9 Å². The van der Waals surface area contributed by atoms with E-state index in [0.717, 1.165) is 6.07 Å². The molecule has 0 aromatic heterocycles. The Balaban J connectivity index is 3.51. The largest absolute Gasteiger partial charge is 0.416 e. The molecule has 0 fully saturated rings. The summed E-state index contributed by atoms with van der Waals surface area (Å²) in [6.45, 7) is 0. The summed E-state index contributed by atoms with van der Waals surface area (Å²) in [7, 11) is 0.594. The van der Waals surface area contributed by atoms with E-state index >= 15 is 0 Å². The summed E-state index contributed by atoms with van der Waals surface area (Å²) >= 11 is 0. The molecule has 0 aliphatic rings. The SMILES string of the molecule is O=Cc1cc(C(F)(F)F)cc(S(=O)(=O)Cl)c1. The fraction of sp³-hybridized carbons (Fsp3) is 0.125. The summed E-state index contributed by atoms with van der Waals surface area (Å²) < 4.78 is 58.7. The molecule has 0 atom stereocenters. The highest BCUT2D eigenvalue weighted by Crippen LogP contribution is 2.32. The van der Waals surface area contributed by atoms with Gasteiger partial charge in [0.25, 0.3) is 9.05 Å². The summed E-state index contributed by atoms with van der Waals surface area (Å²) in [4.78, 5) is 9.60. The zero-order chi connectivity index (χ0) is 12.6. The van der Waals surface area contributed by atoms with Crippen molar-refractivity contribution in [3.05, 3.63) is 29.3 Å². The first-order valence-corrected chi connectivity index (χ1v) is 6.07. The molecule has 0 unspecified atom stereocenters. The number of alkyl halides is 3. The quantitative estimate of drug-likeness (QED) is 0.614. The maximum atomic E-state index is 12.3. The highest BCUT2D eigenvalue weighted by molar-refractivity contribution is 8.13. The second kappa shape index (κ2) is 4.06. The van der Waals surface area contributed by atoms with Gasteiger partial charge in [-0.3, -0.25) is 4.79 Å². The van der Waals surface area contributed by atoms with Crippen LogP contribution in [-0.2, 0) is 15.2 Å². The maximum Gasteiger partial charge on any atom is 0.416 e. The number of rotatable bonds is 2. The molecule has 1 rings (SSSR count). The average Bonchev–Trinajstić information content (AvgIpc) is 2.14. The van der Waals surface area contributed by atoms with Crippen LogP contribution in [0.5, 0.6) is 0 Å². The van der Waals surface area contributed by atoms with Crippen LogP contribution in [0.15, 0.2) is 23.1 Å². The van der Waals surface area contributed by atoms with Crippen molar-refractivity contribution in [2.45, 2.75) is 11.1 Å². The lowest BCUT2D eigenvalue weighted by molar-refractivity contribution is -0.137. The molecule has 3 nitrogen and oxygen atoms in total. The molecule has 0 saturated heterocycles. The lowest BCUT2D eigenvalue weighted by atomic mass is 10.1. The molecule has 8 heteroatoms. The van der Waals surface area contributed by atoms with E-state index in [9.17, 15) is 26.4 Å². The molecule has 0 saturated carbocycles. The monoisotopic (exact) mass is 272 g/mol. The molecule has 0 spiro atoms. The van der Waals surface area contributed by atoms with E-state index in [0.29, 0.717) is 12.1 Å². The van der Waals surface area contributed by atoms with E-state index in [4.69, 9.17) is 10.7 Å². The summed E-state index contributed by atoms with van der Waals surface area (Å²) in [5.74, 6) is 0. The third-order valence-corrected chi connectivity index (χ3v) is 3.01. The first-order chi connectivity index (χ1) is 7.14. The predicted molar refractivity (Wildman–Crippen MR) is 49.9 cm³/mol. The Labute approximate surface area is 93.3 Å². The highest BCUT2D eigenvalue weighted by Gasteiger charge is 2.32.